The quantitative estimate of drug-likeness (QED) is 0.677. The Balaban J connectivity index is 2.10. The molecule has 0 saturated carbocycles. The molecular formula is C15H16N2O2S. The molecule has 0 amide bonds. The van der Waals surface area contributed by atoms with Crippen LogP contribution < -0.4 is 5.73 Å². The molecule has 4 nitrogen and oxygen atoms in total. The van der Waals surface area contributed by atoms with Gasteiger partial charge in [0.05, 0.1) is 19.2 Å². The molecule has 5 heteroatoms. The summed E-state index contributed by atoms with van der Waals surface area (Å²) in [5.74, 6) is 0.480. The zero-order valence-corrected chi connectivity index (χ0v) is 12.0. The van der Waals surface area contributed by atoms with E-state index >= 15 is 0 Å². The Morgan fingerprint density at radius 1 is 1.25 bits per heavy atom. The molecule has 1 heterocycles. The molecule has 0 radical (unpaired) electrons. The molecule has 104 valence electrons. The van der Waals surface area contributed by atoms with Crippen molar-refractivity contribution in [3.63, 3.8) is 0 Å². The summed E-state index contributed by atoms with van der Waals surface area (Å²) in [7, 11) is 1.40. The molecule has 0 fully saturated rings. The summed E-state index contributed by atoms with van der Waals surface area (Å²) >= 11 is 1.56. The van der Waals surface area contributed by atoms with Crippen LogP contribution in [0.25, 0.3) is 0 Å². The van der Waals surface area contributed by atoms with Crippen molar-refractivity contribution in [1.82, 2.24) is 4.98 Å². The average molecular weight is 288 g/mol. The van der Waals surface area contributed by atoms with Gasteiger partial charge in [-0.25, -0.2) is 4.98 Å². The Labute approximate surface area is 122 Å². The number of nitrogens with zero attached hydrogens (tertiary/aromatic N) is 1. The van der Waals surface area contributed by atoms with Crippen LogP contribution in [0.2, 0.25) is 0 Å². The lowest BCUT2D eigenvalue weighted by Crippen LogP contribution is -2.06. The number of hydrogen-bond acceptors (Lipinski definition) is 5. The second-order valence-electron chi connectivity index (χ2n) is 4.21. The van der Waals surface area contributed by atoms with E-state index in [1.165, 1.54) is 7.11 Å². The van der Waals surface area contributed by atoms with E-state index in [1.54, 1.807) is 18.0 Å². The first-order valence-electron chi connectivity index (χ1n) is 6.17. The number of esters is 1. The van der Waals surface area contributed by atoms with Crippen molar-refractivity contribution in [3.8, 4) is 0 Å². The normalized spacial score (nSPS) is 10.2. The number of anilines is 1. The Morgan fingerprint density at radius 3 is 2.70 bits per heavy atom. The van der Waals surface area contributed by atoms with Gasteiger partial charge in [-0.1, -0.05) is 36.0 Å². The fourth-order valence-electron chi connectivity index (χ4n) is 1.77. The van der Waals surface area contributed by atoms with Crippen LogP contribution in [0.4, 0.5) is 5.69 Å². The fourth-order valence-corrected chi connectivity index (χ4v) is 2.71. The molecule has 0 aliphatic rings. The van der Waals surface area contributed by atoms with Gasteiger partial charge in [-0.2, -0.15) is 0 Å². The number of ether oxygens (including phenoxy) is 1. The number of carbonyl (C=O) groups is 1. The Kier molecular flexibility index (Phi) is 5.01. The molecular weight excluding hydrogens is 272 g/mol. The first-order valence-corrected chi connectivity index (χ1v) is 7.16. The zero-order chi connectivity index (χ0) is 14.4. The number of methoxy groups -OCH3 is 1. The minimum absolute atomic E-state index is 0.236. The second-order valence-corrected chi connectivity index (χ2v) is 5.17. The number of aromatic nitrogens is 1. The van der Waals surface area contributed by atoms with Crippen molar-refractivity contribution < 1.29 is 9.53 Å². The van der Waals surface area contributed by atoms with E-state index in [0.29, 0.717) is 11.4 Å². The molecule has 2 N–H and O–H groups in total. The smallest absolute Gasteiger partial charge is 0.309 e. The highest BCUT2D eigenvalue weighted by Crippen LogP contribution is 2.27. The predicted octanol–water partition coefficient (Wildman–Crippen LogP) is 2.67. The summed E-state index contributed by atoms with van der Waals surface area (Å²) in [6, 6.07) is 11.5. The predicted molar refractivity (Wildman–Crippen MR) is 80.4 cm³/mol. The van der Waals surface area contributed by atoms with Crippen LogP contribution in [0.1, 0.15) is 11.1 Å². The van der Waals surface area contributed by atoms with Crippen molar-refractivity contribution >= 4 is 23.4 Å². The molecule has 0 bridgehead atoms. The summed E-state index contributed by atoms with van der Waals surface area (Å²) in [4.78, 5) is 15.6. The summed E-state index contributed by atoms with van der Waals surface area (Å²) in [6.45, 7) is 0. The van der Waals surface area contributed by atoms with E-state index in [4.69, 9.17) is 10.5 Å². The fraction of sp³-hybridized carbons (Fsp3) is 0.200. The van der Waals surface area contributed by atoms with E-state index in [2.05, 4.69) is 4.98 Å². The standard InChI is InChI=1S/C15H16N2O2S/c1-19-14(18)9-11-5-2-3-6-12(11)10-20-15-13(16)7-4-8-17-15/h2-8H,9-10,16H2,1H3. The van der Waals surface area contributed by atoms with Gasteiger partial charge in [-0.05, 0) is 23.3 Å². The third-order valence-corrected chi connectivity index (χ3v) is 3.92. The van der Waals surface area contributed by atoms with Crippen LogP contribution in [0.3, 0.4) is 0 Å². The van der Waals surface area contributed by atoms with E-state index in [0.717, 1.165) is 16.2 Å². The third-order valence-electron chi connectivity index (χ3n) is 2.85. The molecule has 0 aliphatic heterocycles. The summed E-state index contributed by atoms with van der Waals surface area (Å²) in [6.07, 6.45) is 2.00. The molecule has 0 saturated heterocycles. The maximum atomic E-state index is 11.4. The van der Waals surface area contributed by atoms with Gasteiger partial charge in [0, 0.05) is 11.9 Å². The largest absolute Gasteiger partial charge is 0.469 e. The van der Waals surface area contributed by atoms with Gasteiger partial charge in [0.2, 0.25) is 0 Å². The third kappa shape index (κ3) is 3.74. The number of pyridine rings is 1. The van der Waals surface area contributed by atoms with Crippen LogP contribution in [0, 0.1) is 0 Å². The second kappa shape index (κ2) is 6.96. The molecule has 2 aromatic rings. The number of thioether (sulfide) groups is 1. The van der Waals surface area contributed by atoms with Gasteiger partial charge in [0.25, 0.3) is 0 Å². The van der Waals surface area contributed by atoms with Crippen LogP contribution >= 0.6 is 11.8 Å². The number of hydrogen-bond donors (Lipinski definition) is 1. The maximum absolute atomic E-state index is 11.4. The van der Waals surface area contributed by atoms with Crippen LogP contribution in [-0.4, -0.2) is 18.1 Å². The van der Waals surface area contributed by atoms with Crippen molar-refractivity contribution in [1.29, 1.82) is 0 Å². The molecule has 0 spiro atoms. The number of nitrogens with two attached hydrogens (primary N) is 1. The summed E-state index contributed by atoms with van der Waals surface area (Å²) in [5.41, 5.74) is 8.60. The highest BCUT2D eigenvalue weighted by molar-refractivity contribution is 7.98. The average Bonchev–Trinajstić information content (AvgIpc) is 2.47. The Hall–Kier alpha value is -2.01. The van der Waals surface area contributed by atoms with Crippen LogP contribution in [-0.2, 0) is 21.7 Å². The van der Waals surface area contributed by atoms with Crippen LogP contribution in [0.5, 0.6) is 0 Å². The molecule has 20 heavy (non-hydrogen) atoms. The van der Waals surface area contributed by atoms with Crippen molar-refractivity contribution in [2.75, 3.05) is 12.8 Å². The molecule has 0 aliphatic carbocycles. The highest BCUT2D eigenvalue weighted by Gasteiger charge is 2.09. The summed E-state index contributed by atoms with van der Waals surface area (Å²) in [5, 5.41) is 0.806. The van der Waals surface area contributed by atoms with E-state index in [1.807, 2.05) is 36.4 Å². The van der Waals surface area contributed by atoms with Crippen LogP contribution in [0.15, 0.2) is 47.6 Å². The number of nitrogen functional groups attached to an aromatic ring is 1. The van der Waals surface area contributed by atoms with Gasteiger partial charge >= 0.3 is 5.97 Å². The number of benzene rings is 1. The lowest BCUT2D eigenvalue weighted by atomic mass is 10.1. The molecule has 2 rings (SSSR count). The van der Waals surface area contributed by atoms with Crippen molar-refractivity contribution in [2.24, 2.45) is 0 Å². The van der Waals surface area contributed by atoms with Gasteiger partial charge in [-0.3, -0.25) is 4.79 Å². The maximum Gasteiger partial charge on any atom is 0.309 e. The molecule has 0 unspecified atom stereocenters. The Bertz CT molecular complexity index is 602. The van der Waals surface area contributed by atoms with E-state index < -0.39 is 0 Å². The monoisotopic (exact) mass is 288 g/mol. The zero-order valence-electron chi connectivity index (χ0n) is 11.2. The molecule has 1 aromatic heterocycles. The van der Waals surface area contributed by atoms with Crippen molar-refractivity contribution in [3.05, 3.63) is 53.7 Å². The number of carbonyl (C=O) groups excluding carboxylic acids is 1. The molecule has 0 atom stereocenters. The number of rotatable bonds is 5. The first kappa shape index (κ1) is 14.4. The lowest BCUT2D eigenvalue weighted by molar-refractivity contribution is -0.139. The highest BCUT2D eigenvalue weighted by atomic mass is 32.2. The minimum Gasteiger partial charge on any atom is -0.469 e. The van der Waals surface area contributed by atoms with Gasteiger partial charge in [0.15, 0.2) is 0 Å². The van der Waals surface area contributed by atoms with E-state index in [-0.39, 0.29) is 12.4 Å². The minimum atomic E-state index is -0.236. The summed E-state index contributed by atoms with van der Waals surface area (Å²) < 4.78 is 4.71. The topological polar surface area (TPSA) is 65.2 Å². The van der Waals surface area contributed by atoms with Gasteiger partial charge in [0.1, 0.15) is 5.03 Å². The van der Waals surface area contributed by atoms with E-state index in [9.17, 15) is 4.79 Å². The molecule has 1 aromatic carbocycles. The first-order chi connectivity index (χ1) is 9.70. The Morgan fingerprint density at radius 2 is 2.00 bits per heavy atom. The van der Waals surface area contributed by atoms with Gasteiger partial charge in [-0.15, -0.1) is 0 Å². The lowest BCUT2D eigenvalue weighted by Gasteiger charge is -2.09. The SMILES string of the molecule is COC(=O)Cc1ccccc1CSc1ncccc1N. The van der Waals surface area contributed by atoms with Crippen molar-refractivity contribution in [2.45, 2.75) is 17.2 Å². The van der Waals surface area contributed by atoms with Gasteiger partial charge < -0.3 is 10.5 Å².